The van der Waals surface area contributed by atoms with Crippen molar-refractivity contribution in [3.05, 3.63) is 77.2 Å². The summed E-state index contributed by atoms with van der Waals surface area (Å²) in [6, 6.07) is 9.94. The SMILES string of the molecule is Cn1cc2c(-c3cc(F)c(CN4Cc5ccn(CCCO)c5C4=O)c(F)c3)cccc2n1. The predicted molar refractivity (Wildman–Crippen MR) is 116 cm³/mol. The zero-order valence-electron chi connectivity index (χ0n) is 17.6. The first-order chi connectivity index (χ1) is 15.5. The Morgan fingerprint density at radius 1 is 1.16 bits per heavy atom. The lowest BCUT2D eigenvalue weighted by molar-refractivity contribution is 0.0753. The van der Waals surface area contributed by atoms with Crippen molar-refractivity contribution in [2.45, 2.75) is 26.1 Å². The van der Waals surface area contributed by atoms with Gasteiger partial charge in [-0.2, -0.15) is 5.10 Å². The molecular formula is C24H22F2N4O2. The number of hydrogen-bond donors (Lipinski definition) is 1. The zero-order valence-corrected chi connectivity index (χ0v) is 17.6. The molecule has 2 aromatic carbocycles. The first-order valence-electron chi connectivity index (χ1n) is 10.4. The van der Waals surface area contributed by atoms with Crippen molar-refractivity contribution in [3.63, 3.8) is 0 Å². The van der Waals surface area contributed by atoms with E-state index in [1.54, 1.807) is 22.4 Å². The van der Waals surface area contributed by atoms with Crippen molar-refractivity contribution in [1.29, 1.82) is 0 Å². The second-order valence-corrected chi connectivity index (χ2v) is 8.08. The highest BCUT2D eigenvalue weighted by Crippen LogP contribution is 2.32. The standard InChI is InChI=1S/C24H22F2N4O2/c1-28-13-18-17(4-2-5-22(18)27-28)16-10-20(25)19(21(26)11-16)14-30-12-15-6-8-29(7-3-9-31)23(15)24(30)32/h2,4-6,8,10-11,13,31H,3,7,9,12,14H2,1H3. The number of carbonyl (C=O) groups excluding carboxylic acids is 1. The molecule has 4 aromatic rings. The van der Waals surface area contributed by atoms with Gasteiger partial charge in [-0.15, -0.1) is 0 Å². The number of carbonyl (C=O) groups is 1. The minimum Gasteiger partial charge on any atom is -0.396 e. The highest BCUT2D eigenvalue weighted by atomic mass is 19.1. The van der Waals surface area contributed by atoms with E-state index in [1.807, 2.05) is 30.6 Å². The number of hydrogen-bond acceptors (Lipinski definition) is 3. The van der Waals surface area contributed by atoms with Gasteiger partial charge in [-0.25, -0.2) is 8.78 Å². The number of aryl methyl sites for hydroxylation is 2. The molecular weight excluding hydrogens is 414 g/mol. The van der Waals surface area contributed by atoms with E-state index >= 15 is 8.78 Å². The van der Waals surface area contributed by atoms with E-state index in [4.69, 9.17) is 5.11 Å². The second kappa shape index (κ2) is 7.87. The molecule has 5 rings (SSSR count). The van der Waals surface area contributed by atoms with Gasteiger partial charge in [0.05, 0.1) is 12.1 Å². The van der Waals surface area contributed by atoms with E-state index in [0.717, 1.165) is 16.5 Å². The van der Waals surface area contributed by atoms with Gasteiger partial charge in [-0.05, 0) is 41.8 Å². The minimum atomic E-state index is -0.687. The van der Waals surface area contributed by atoms with Gasteiger partial charge in [0.15, 0.2) is 0 Å². The van der Waals surface area contributed by atoms with Gasteiger partial charge >= 0.3 is 0 Å². The van der Waals surface area contributed by atoms with E-state index < -0.39 is 11.6 Å². The van der Waals surface area contributed by atoms with Gasteiger partial charge in [0.25, 0.3) is 5.91 Å². The Morgan fingerprint density at radius 2 is 1.94 bits per heavy atom. The van der Waals surface area contributed by atoms with Crippen LogP contribution in [0.1, 0.15) is 28.0 Å². The number of halogens is 2. The van der Waals surface area contributed by atoms with Gasteiger partial charge in [0.1, 0.15) is 17.3 Å². The second-order valence-electron chi connectivity index (χ2n) is 8.08. The molecule has 0 radical (unpaired) electrons. The maximum absolute atomic E-state index is 15.1. The van der Waals surface area contributed by atoms with Crippen LogP contribution in [0.15, 0.2) is 48.8 Å². The van der Waals surface area contributed by atoms with Crippen LogP contribution in [-0.2, 0) is 26.7 Å². The number of aliphatic hydroxyl groups excluding tert-OH is 1. The van der Waals surface area contributed by atoms with E-state index in [2.05, 4.69) is 5.10 Å². The van der Waals surface area contributed by atoms with Crippen molar-refractivity contribution in [1.82, 2.24) is 19.2 Å². The largest absolute Gasteiger partial charge is 0.396 e. The molecule has 0 saturated carbocycles. The smallest absolute Gasteiger partial charge is 0.271 e. The molecule has 1 aliphatic heterocycles. The Morgan fingerprint density at radius 3 is 2.69 bits per heavy atom. The van der Waals surface area contributed by atoms with Gasteiger partial charge in [0.2, 0.25) is 0 Å². The van der Waals surface area contributed by atoms with Gasteiger partial charge in [-0.3, -0.25) is 9.48 Å². The molecule has 1 amide bonds. The van der Waals surface area contributed by atoms with Crippen LogP contribution in [0.25, 0.3) is 22.0 Å². The van der Waals surface area contributed by atoms with Crippen LogP contribution in [0, 0.1) is 11.6 Å². The fourth-order valence-electron chi connectivity index (χ4n) is 4.40. The van der Waals surface area contributed by atoms with Gasteiger partial charge in [-0.1, -0.05) is 12.1 Å². The molecule has 0 bridgehead atoms. The maximum atomic E-state index is 15.1. The Hall–Kier alpha value is -3.52. The van der Waals surface area contributed by atoms with Crippen LogP contribution in [0.3, 0.4) is 0 Å². The summed E-state index contributed by atoms with van der Waals surface area (Å²) in [5.41, 5.74) is 3.09. The van der Waals surface area contributed by atoms with Crippen molar-refractivity contribution < 1.29 is 18.7 Å². The van der Waals surface area contributed by atoms with Crippen molar-refractivity contribution in [2.75, 3.05) is 6.61 Å². The Bertz CT molecular complexity index is 1320. The van der Waals surface area contributed by atoms with E-state index in [1.165, 1.54) is 17.0 Å². The minimum absolute atomic E-state index is 0.0282. The average molecular weight is 436 g/mol. The summed E-state index contributed by atoms with van der Waals surface area (Å²) in [4.78, 5) is 14.3. The number of amides is 1. The lowest BCUT2D eigenvalue weighted by Crippen LogP contribution is -2.26. The summed E-state index contributed by atoms with van der Waals surface area (Å²) in [6.07, 6.45) is 4.16. The monoisotopic (exact) mass is 436 g/mol. The van der Waals surface area contributed by atoms with Crippen LogP contribution < -0.4 is 0 Å². The molecule has 0 saturated heterocycles. The summed E-state index contributed by atoms with van der Waals surface area (Å²) in [7, 11) is 1.80. The van der Waals surface area contributed by atoms with Crippen LogP contribution in [0.4, 0.5) is 8.78 Å². The molecule has 2 aromatic heterocycles. The third kappa shape index (κ3) is 3.36. The number of benzene rings is 2. The van der Waals surface area contributed by atoms with Gasteiger partial charge < -0.3 is 14.6 Å². The molecule has 8 heteroatoms. The summed E-state index contributed by atoms with van der Waals surface area (Å²) < 4.78 is 33.6. The quantitative estimate of drug-likeness (QED) is 0.499. The lowest BCUT2D eigenvalue weighted by atomic mass is 9.99. The predicted octanol–water partition coefficient (Wildman–Crippen LogP) is 3.86. The number of aromatic nitrogens is 3. The average Bonchev–Trinajstić information content (AvgIpc) is 3.43. The zero-order chi connectivity index (χ0) is 22.4. The molecule has 6 nitrogen and oxygen atoms in total. The molecule has 3 heterocycles. The number of aliphatic hydroxyl groups is 1. The molecule has 32 heavy (non-hydrogen) atoms. The summed E-state index contributed by atoms with van der Waals surface area (Å²) in [6.45, 7) is 0.696. The van der Waals surface area contributed by atoms with Crippen molar-refractivity contribution in [3.8, 4) is 11.1 Å². The molecule has 0 spiro atoms. The summed E-state index contributed by atoms with van der Waals surface area (Å²) >= 11 is 0. The fraction of sp³-hybridized carbons (Fsp3) is 0.250. The van der Waals surface area contributed by atoms with E-state index in [-0.39, 0.29) is 24.6 Å². The normalized spacial score (nSPS) is 13.4. The number of fused-ring (bicyclic) bond motifs is 2. The molecule has 1 N–H and O–H groups in total. The van der Waals surface area contributed by atoms with E-state index in [0.29, 0.717) is 36.3 Å². The van der Waals surface area contributed by atoms with Gasteiger partial charge in [0, 0.05) is 55.7 Å². The molecule has 0 fully saturated rings. The Balaban J connectivity index is 1.43. The maximum Gasteiger partial charge on any atom is 0.271 e. The molecule has 164 valence electrons. The van der Waals surface area contributed by atoms with Crippen molar-refractivity contribution >= 4 is 16.8 Å². The number of rotatable bonds is 6. The third-order valence-corrected chi connectivity index (χ3v) is 5.92. The summed E-state index contributed by atoms with van der Waals surface area (Å²) in [5.74, 6) is -1.63. The fourth-order valence-corrected chi connectivity index (χ4v) is 4.40. The molecule has 0 aliphatic carbocycles. The Labute approximate surface area is 183 Å². The van der Waals surface area contributed by atoms with Crippen LogP contribution in [0.5, 0.6) is 0 Å². The topological polar surface area (TPSA) is 63.3 Å². The first kappa shape index (κ1) is 20.4. The van der Waals surface area contributed by atoms with Crippen molar-refractivity contribution in [2.24, 2.45) is 7.05 Å². The number of nitrogens with zero attached hydrogens (tertiary/aromatic N) is 4. The highest BCUT2D eigenvalue weighted by Gasteiger charge is 2.32. The Kier molecular flexibility index (Phi) is 5.01. The van der Waals surface area contributed by atoms with Crippen LogP contribution in [0.2, 0.25) is 0 Å². The molecule has 0 unspecified atom stereocenters. The summed E-state index contributed by atoms with van der Waals surface area (Å²) in [5, 5.41) is 14.2. The third-order valence-electron chi connectivity index (χ3n) is 5.92. The highest BCUT2D eigenvalue weighted by molar-refractivity contribution is 5.97. The first-order valence-corrected chi connectivity index (χ1v) is 10.4. The molecule has 1 aliphatic rings. The lowest BCUT2D eigenvalue weighted by Gasteiger charge is -2.18. The van der Waals surface area contributed by atoms with Crippen LogP contribution in [-0.4, -0.2) is 36.9 Å². The van der Waals surface area contributed by atoms with E-state index in [9.17, 15) is 4.79 Å². The van der Waals surface area contributed by atoms with Crippen LogP contribution >= 0.6 is 0 Å². The molecule has 0 atom stereocenters.